The summed E-state index contributed by atoms with van der Waals surface area (Å²) >= 11 is 1.82. The zero-order valence-corrected chi connectivity index (χ0v) is 7.81. The van der Waals surface area contributed by atoms with Crippen molar-refractivity contribution in [2.45, 2.75) is 31.8 Å². The third-order valence-electron chi connectivity index (χ3n) is 2.77. The molecule has 12 heavy (non-hydrogen) atoms. The number of fused-ring (bicyclic) bond motifs is 1. The SMILES string of the molecule is c1nc2c(s1)CN(C1CC1)CC2. The number of hydrogen-bond acceptors (Lipinski definition) is 3. The highest BCUT2D eigenvalue weighted by molar-refractivity contribution is 7.09. The van der Waals surface area contributed by atoms with Crippen molar-refractivity contribution in [2.75, 3.05) is 6.54 Å². The molecule has 1 aliphatic carbocycles. The Morgan fingerprint density at radius 2 is 2.42 bits per heavy atom. The molecule has 2 heterocycles. The first-order valence-corrected chi connectivity index (χ1v) is 5.47. The summed E-state index contributed by atoms with van der Waals surface area (Å²) in [6.45, 7) is 2.41. The van der Waals surface area contributed by atoms with Gasteiger partial charge in [0.2, 0.25) is 0 Å². The van der Waals surface area contributed by atoms with E-state index in [9.17, 15) is 0 Å². The minimum Gasteiger partial charge on any atom is -0.295 e. The molecular formula is C9H12N2S. The molecule has 1 saturated carbocycles. The van der Waals surface area contributed by atoms with Gasteiger partial charge in [0.05, 0.1) is 11.2 Å². The van der Waals surface area contributed by atoms with E-state index in [1.165, 1.54) is 42.9 Å². The van der Waals surface area contributed by atoms with Gasteiger partial charge in [0.1, 0.15) is 0 Å². The van der Waals surface area contributed by atoms with Crippen molar-refractivity contribution >= 4 is 11.3 Å². The van der Waals surface area contributed by atoms with Crippen LogP contribution in [0.4, 0.5) is 0 Å². The molecule has 0 aromatic carbocycles. The van der Waals surface area contributed by atoms with Crippen LogP contribution in [0.3, 0.4) is 0 Å². The Balaban J connectivity index is 1.83. The molecule has 0 N–H and O–H groups in total. The predicted octanol–water partition coefficient (Wildman–Crippen LogP) is 1.66. The summed E-state index contributed by atoms with van der Waals surface area (Å²) < 4.78 is 0. The first kappa shape index (κ1) is 7.04. The summed E-state index contributed by atoms with van der Waals surface area (Å²) in [5.41, 5.74) is 3.35. The summed E-state index contributed by atoms with van der Waals surface area (Å²) in [5, 5.41) is 0. The standard InChI is InChI=1S/C9H12N2S/c1-2-7(1)11-4-3-8-9(5-11)12-6-10-8/h6-7H,1-5H2. The third-order valence-corrected chi connectivity index (χ3v) is 3.63. The van der Waals surface area contributed by atoms with Gasteiger partial charge in [-0.25, -0.2) is 4.98 Å². The topological polar surface area (TPSA) is 16.1 Å². The number of aromatic nitrogens is 1. The molecule has 0 spiro atoms. The number of thiazole rings is 1. The van der Waals surface area contributed by atoms with E-state index in [1.807, 2.05) is 16.8 Å². The molecule has 1 aliphatic heterocycles. The highest BCUT2D eigenvalue weighted by atomic mass is 32.1. The van der Waals surface area contributed by atoms with Gasteiger partial charge in [-0.3, -0.25) is 4.90 Å². The van der Waals surface area contributed by atoms with Gasteiger partial charge in [-0.15, -0.1) is 11.3 Å². The van der Waals surface area contributed by atoms with Gasteiger partial charge < -0.3 is 0 Å². The Morgan fingerprint density at radius 1 is 1.50 bits per heavy atom. The molecule has 3 heteroatoms. The van der Waals surface area contributed by atoms with Gasteiger partial charge in [-0.1, -0.05) is 0 Å². The molecule has 0 amide bonds. The van der Waals surface area contributed by atoms with Gasteiger partial charge >= 0.3 is 0 Å². The normalized spacial score (nSPS) is 24.0. The third kappa shape index (κ3) is 1.08. The summed E-state index contributed by atoms with van der Waals surface area (Å²) in [6.07, 6.45) is 4.03. The molecule has 0 radical (unpaired) electrons. The van der Waals surface area contributed by atoms with Crippen LogP contribution in [0.1, 0.15) is 23.4 Å². The summed E-state index contributed by atoms with van der Waals surface area (Å²) in [7, 11) is 0. The van der Waals surface area contributed by atoms with Crippen molar-refractivity contribution in [2.24, 2.45) is 0 Å². The van der Waals surface area contributed by atoms with E-state index in [4.69, 9.17) is 0 Å². The van der Waals surface area contributed by atoms with Gasteiger partial charge in [0, 0.05) is 30.4 Å². The molecular weight excluding hydrogens is 168 g/mol. The van der Waals surface area contributed by atoms with E-state index < -0.39 is 0 Å². The number of hydrogen-bond donors (Lipinski definition) is 0. The number of nitrogens with zero attached hydrogens (tertiary/aromatic N) is 2. The van der Waals surface area contributed by atoms with E-state index in [0.717, 1.165) is 6.04 Å². The Morgan fingerprint density at radius 3 is 3.25 bits per heavy atom. The lowest BCUT2D eigenvalue weighted by molar-refractivity contribution is 0.245. The van der Waals surface area contributed by atoms with Crippen molar-refractivity contribution in [3.05, 3.63) is 16.1 Å². The second-order valence-electron chi connectivity index (χ2n) is 3.67. The van der Waals surface area contributed by atoms with Crippen LogP contribution in [0.5, 0.6) is 0 Å². The Kier molecular flexibility index (Phi) is 1.49. The summed E-state index contributed by atoms with van der Waals surface area (Å²) in [5.74, 6) is 0. The van der Waals surface area contributed by atoms with Crippen molar-refractivity contribution < 1.29 is 0 Å². The van der Waals surface area contributed by atoms with E-state index >= 15 is 0 Å². The van der Waals surface area contributed by atoms with Crippen molar-refractivity contribution in [1.82, 2.24) is 9.88 Å². The predicted molar refractivity (Wildman–Crippen MR) is 49.3 cm³/mol. The summed E-state index contributed by atoms with van der Waals surface area (Å²) in [4.78, 5) is 8.48. The molecule has 2 nitrogen and oxygen atoms in total. The van der Waals surface area contributed by atoms with Crippen LogP contribution >= 0.6 is 11.3 Å². The molecule has 0 saturated heterocycles. The maximum absolute atomic E-state index is 4.36. The lowest BCUT2D eigenvalue weighted by Gasteiger charge is -2.25. The molecule has 0 bridgehead atoms. The lowest BCUT2D eigenvalue weighted by atomic mass is 10.2. The van der Waals surface area contributed by atoms with Crippen molar-refractivity contribution in [3.8, 4) is 0 Å². The Bertz CT molecular complexity index is 290. The van der Waals surface area contributed by atoms with Crippen LogP contribution in [-0.4, -0.2) is 22.5 Å². The second-order valence-corrected chi connectivity index (χ2v) is 4.61. The van der Waals surface area contributed by atoms with Crippen molar-refractivity contribution in [1.29, 1.82) is 0 Å². The lowest BCUT2D eigenvalue weighted by Crippen LogP contribution is -2.31. The molecule has 0 atom stereocenters. The van der Waals surface area contributed by atoms with Gasteiger partial charge in [0.25, 0.3) is 0 Å². The fourth-order valence-corrected chi connectivity index (χ4v) is 2.73. The van der Waals surface area contributed by atoms with Crippen molar-refractivity contribution in [3.63, 3.8) is 0 Å². The Labute approximate surface area is 76.2 Å². The maximum Gasteiger partial charge on any atom is 0.0798 e. The first-order valence-electron chi connectivity index (χ1n) is 4.59. The minimum atomic E-state index is 0.917. The smallest absolute Gasteiger partial charge is 0.0798 e. The molecule has 3 rings (SSSR count). The average Bonchev–Trinajstić information content (AvgIpc) is 2.84. The molecule has 64 valence electrons. The highest BCUT2D eigenvalue weighted by Crippen LogP contribution is 2.32. The zero-order chi connectivity index (χ0) is 7.97. The first-order chi connectivity index (χ1) is 5.93. The molecule has 1 aromatic rings. The van der Waals surface area contributed by atoms with E-state index in [2.05, 4.69) is 9.88 Å². The van der Waals surface area contributed by atoms with Crippen LogP contribution in [0, 0.1) is 0 Å². The molecule has 0 unspecified atom stereocenters. The number of rotatable bonds is 1. The second kappa shape index (κ2) is 2.54. The van der Waals surface area contributed by atoms with Crippen LogP contribution < -0.4 is 0 Å². The van der Waals surface area contributed by atoms with Crippen LogP contribution in [-0.2, 0) is 13.0 Å². The van der Waals surface area contributed by atoms with Gasteiger partial charge in [-0.05, 0) is 12.8 Å². The van der Waals surface area contributed by atoms with Crippen LogP contribution in [0.25, 0.3) is 0 Å². The molecule has 1 fully saturated rings. The quantitative estimate of drug-likeness (QED) is 0.653. The monoisotopic (exact) mass is 180 g/mol. The van der Waals surface area contributed by atoms with E-state index in [1.54, 1.807) is 0 Å². The van der Waals surface area contributed by atoms with Crippen LogP contribution in [0.15, 0.2) is 5.51 Å². The molecule has 1 aromatic heterocycles. The Hall–Kier alpha value is -0.410. The van der Waals surface area contributed by atoms with Gasteiger partial charge in [0.15, 0.2) is 0 Å². The minimum absolute atomic E-state index is 0.917. The largest absolute Gasteiger partial charge is 0.295 e. The summed E-state index contributed by atoms with van der Waals surface area (Å²) in [6, 6.07) is 0.917. The highest BCUT2D eigenvalue weighted by Gasteiger charge is 2.31. The van der Waals surface area contributed by atoms with E-state index in [-0.39, 0.29) is 0 Å². The van der Waals surface area contributed by atoms with E-state index in [0.29, 0.717) is 0 Å². The van der Waals surface area contributed by atoms with Crippen LogP contribution in [0.2, 0.25) is 0 Å². The molecule has 2 aliphatic rings. The fourth-order valence-electron chi connectivity index (χ4n) is 1.89. The fraction of sp³-hybridized carbons (Fsp3) is 0.667. The maximum atomic E-state index is 4.36. The zero-order valence-electron chi connectivity index (χ0n) is 6.99. The average molecular weight is 180 g/mol. The van der Waals surface area contributed by atoms with Gasteiger partial charge in [-0.2, -0.15) is 0 Å².